The molecule has 3 aliphatic rings. The van der Waals surface area contributed by atoms with Gasteiger partial charge in [-0.15, -0.1) is 6.58 Å². The van der Waals surface area contributed by atoms with Crippen LogP contribution < -0.4 is 5.32 Å². The van der Waals surface area contributed by atoms with E-state index in [1.54, 1.807) is 50.2 Å². The summed E-state index contributed by atoms with van der Waals surface area (Å²) in [6, 6.07) is 28.8. The third-order valence-corrected chi connectivity index (χ3v) is 12.2. The molecule has 0 bridgehead atoms. The van der Waals surface area contributed by atoms with Crippen LogP contribution >= 0.6 is 11.8 Å². The van der Waals surface area contributed by atoms with Crippen molar-refractivity contribution in [2.24, 2.45) is 7.05 Å². The van der Waals surface area contributed by atoms with Crippen LogP contribution in [0.2, 0.25) is 0 Å². The molecule has 0 aliphatic carbocycles. The van der Waals surface area contributed by atoms with Crippen molar-refractivity contribution >= 4 is 46.4 Å². The van der Waals surface area contributed by atoms with Gasteiger partial charge in [-0.05, 0) is 46.5 Å². The third kappa shape index (κ3) is 7.79. The van der Waals surface area contributed by atoms with E-state index in [0.29, 0.717) is 5.56 Å². The third-order valence-electron chi connectivity index (χ3n) is 11.2. The van der Waals surface area contributed by atoms with E-state index in [0.717, 1.165) is 63.3 Å². The molecule has 298 valence electrons. The van der Waals surface area contributed by atoms with Gasteiger partial charge >= 0.3 is 6.03 Å². The Balaban J connectivity index is 1.12. The molecule has 2 atom stereocenters. The molecule has 13 heteroatoms. The van der Waals surface area contributed by atoms with Gasteiger partial charge in [0, 0.05) is 80.4 Å². The van der Waals surface area contributed by atoms with Crippen LogP contribution in [0.5, 0.6) is 5.75 Å². The summed E-state index contributed by atoms with van der Waals surface area (Å²) < 4.78 is 2.07. The molecule has 58 heavy (non-hydrogen) atoms. The first-order valence-corrected chi connectivity index (χ1v) is 20.7. The van der Waals surface area contributed by atoms with Crippen molar-refractivity contribution in [1.82, 2.24) is 34.6 Å². The van der Waals surface area contributed by atoms with Gasteiger partial charge in [0.1, 0.15) is 18.0 Å². The maximum atomic E-state index is 14.7. The molecule has 1 aromatic heterocycles. The minimum atomic E-state index is -0.904. The van der Waals surface area contributed by atoms with Crippen LogP contribution in [0.25, 0.3) is 22.0 Å². The average molecular weight is 798 g/mol. The standard InChI is InChI=1S/C45H47N7O5S/c1-3-20-50-30-41(54)51-39(25-31-12-18-36(53)19-13-31)44(56)49(29-40(51)52(50)45(57)46-26-32-8-5-4-6-9-32)27-35-10-7-11-37-38(28-47(2)42(35)37)33-14-16-34(17-15-33)43(55)48-21-23-58-24-22-48/h3-19,28,39-40,53H,1,20-27,29-30H2,2H3,(H,46,57)/t39-,40-/m0/s1. The Hall–Kier alpha value is -6.05. The van der Waals surface area contributed by atoms with E-state index in [-0.39, 0.29) is 68.6 Å². The summed E-state index contributed by atoms with van der Waals surface area (Å²) in [6.45, 7) is 6.18. The van der Waals surface area contributed by atoms with Crippen molar-refractivity contribution < 1.29 is 24.3 Å². The van der Waals surface area contributed by atoms with Crippen LogP contribution in [0.3, 0.4) is 0 Å². The molecule has 0 spiro atoms. The minimum Gasteiger partial charge on any atom is -0.508 e. The lowest BCUT2D eigenvalue weighted by atomic mass is 9.97. The average Bonchev–Trinajstić information content (AvgIpc) is 3.59. The number of carbonyl (C=O) groups excluding carboxylic acids is 4. The molecule has 3 fully saturated rings. The van der Waals surface area contributed by atoms with Gasteiger partial charge in [0.15, 0.2) is 0 Å². The quantitative estimate of drug-likeness (QED) is 0.180. The van der Waals surface area contributed by atoms with Gasteiger partial charge in [-0.3, -0.25) is 14.4 Å². The second kappa shape index (κ2) is 16.8. The summed E-state index contributed by atoms with van der Waals surface area (Å²) in [6.07, 6.45) is 3.14. The number of hydrazine groups is 1. The Morgan fingerprint density at radius 3 is 2.38 bits per heavy atom. The summed E-state index contributed by atoms with van der Waals surface area (Å²) in [4.78, 5) is 61.5. The van der Waals surface area contributed by atoms with Crippen molar-refractivity contribution in [3.8, 4) is 16.9 Å². The van der Waals surface area contributed by atoms with Gasteiger partial charge in [0.05, 0.1) is 18.6 Å². The number of urea groups is 1. The molecule has 0 saturated carbocycles. The minimum absolute atomic E-state index is 0.0556. The largest absolute Gasteiger partial charge is 0.508 e. The number of carbonyl (C=O) groups is 4. The van der Waals surface area contributed by atoms with Gasteiger partial charge < -0.3 is 29.7 Å². The number of rotatable bonds is 10. The molecule has 12 nitrogen and oxygen atoms in total. The fourth-order valence-electron chi connectivity index (χ4n) is 8.41. The zero-order chi connectivity index (χ0) is 40.3. The maximum absolute atomic E-state index is 14.7. The highest BCUT2D eigenvalue weighted by molar-refractivity contribution is 7.99. The smallest absolute Gasteiger partial charge is 0.334 e. The number of nitrogens with zero attached hydrogens (tertiary/aromatic N) is 6. The number of phenols is 1. The molecular weight excluding hydrogens is 751 g/mol. The topological polar surface area (TPSA) is 122 Å². The number of hydrogen-bond acceptors (Lipinski definition) is 7. The fraction of sp³-hybridized carbons (Fsp3) is 0.289. The van der Waals surface area contributed by atoms with Crippen molar-refractivity contribution in [2.45, 2.75) is 31.7 Å². The number of fused-ring (bicyclic) bond motifs is 2. The number of aryl methyl sites for hydroxylation is 1. The molecule has 5 amide bonds. The molecule has 3 aliphatic heterocycles. The van der Waals surface area contributed by atoms with Crippen LogP contribution in [-0.2, 0) is 36.1 Å². The fourth-order valence-corrected chi connectivity index (χ4v) is 9.31. The van der Waals surface area contributed by atoms with Crippen LogP contribution in [-0.4, -0.2) is 115 Å². The van der Waals surface area contributed by atoms with Gasteiger partial charge in [-0.2, -0.15) is 11.8 Å². The van der Waals surface area contributed by atoms with E-state index in [9.17, 15) is 24.3 Å². The number of piperazine rings is 1. The molecule has 8 rings (SSSR count). The Morgan fingerprint density at radius 1 is 0.914 bits per heavy atom. The predicted molar refractivity (Wildman–Crippen MR) is 226 cm³/mol. The zero-order valence-corrected chi connectivity index (χ0v) is 33.3. The van der Waals surface area contributed by atoms with E-state index in [4.69, 9.17) is 0 Å². The van der Waals surface area contributed by atoms with Crippen LogP contribution in [0, 0.1) is 0 Å². The molecule has 3 saturated heterocycles. The Morgan fingerprint density at radius 2 is 1.66 bits per heavy atom. The molecular formula is C45H47N7O5S. The summed E-state index contributed by atoms with van der Waals surface area (Å²) in [5.41, 5.74) is 6.23. The summed E-state index contributed by atoms with van der Waals surface area (Å²) in [5, 5.41) is 17.3. The lowest BCUT2D eigenvalue weighted by Crippen LogP contribution is -2.76. The monoisotopic (exact) mass is 797 g/mol. The van der Waals surface area contributed by atoms with Crippen LogP contribution in [0.1, 0.15) is 27.0 Å². The van der Waals surface area contributed by atoms with Crippen molar-refractivity contribution in [3.05, 3.63) is 138 Å². The first-order chi connectivity index (χ1) is 28.2. The Bertz CT molecular complexity index is 2330. The SMILES string of the molecule is C=CCN1CC(=O)N2[C@@H](Cc3ccc(O)cc3)C(=O)N(Cc3cccc4c(-c5ccc(C(=O)N6CCSCC6)cc5)cn(C)c34)C[C@@H]2N1C(=O)NCc1ccccc1. The molecule has 2 N–H and O–H groups in total. The number of thioether (sulfide) groups is 1. The normalized spacial score (nSPS) is 18.7. The maximum Gasteiger partial charge on any atom is 0.334 e. The number of aromatic hydroxyl groups is 1. The number of aromatic nitrogens is 1. The molecule has 4 heterocycles. The summed E-state index contributed by atoms with van der Waals surface area (Å²) in [7, 11) is 1.99. The number of hydrogen-bond donors (Lipinski definition) is 2. The Kier molecular flexibility index (Phi) is 11.3. The highest BCUT2D eigenvalue weighted by Gasteiger charge is 2.51. The lowest BCUT2D eigenvalue weighted by Gasteiger charge is -2.55. The molecule has 5 aromatic rings. The van der Waals surface area contributed by atoms with Gasteiger partial charge in [-0.1, -0.05) is 78.9 Å². The van der Waals surface area contributed by atoms with Crippen LogP contribution in [0.15, 0.2) is 116 Å². The number of phenolic OH excluding ortho intramolecular Hbond substituents is 1. The number of nitrogens with one attached hydrogen (secondary N) is 1. The van der Waals surface area contributed by atoms with Crippen molar-refractivity contribution in [3.63, 3.8) is 0 Å². The summed E-state index contributed by atoms with van der Waals surface area (Å²) in [5.74, 6) is 1.59. The van der Waals surface area contributed by atoms with E-state index < -0.39 is 12.2 Å². The molecule has 4 aromatic carbocycles. The number of amides is 5. The van der Waals surface area contributed by atoms with Gasteiger partial charge in [0.25, 0.3) is 5.91 Å². The predicted octanol–water partition coefficient (Wildman–Crippen LogP) is 5.48. The van der Waals surface area contributed by atoms with Crippen molar-refractivity contribution in [1.29, 1.82) is 0 Å². The number of para-hydroxylation sites is 1. The van der Waals surface area contributed by atoms with E-state index in [1.165, 1.54) is 0 Å². The Labute approximate surface area is 342 Å². The first kappa shape index (κ1) is 38.8. The van der Waals surface area contributed by atoms with Crippen molar-refractivity contribution in [2.75, 3.05) is 44.2 Å². The highest BCUT2D eigenvalue weighted by Crippen LogP contribution is 2.35. The molecule has 0 unspecified atom stereocenters. The first-order valence-electron chi connectivity index (χ1n) is 19.6. The highest BCUT2D eigenvalue weighted by atomic mass is 32.2. The van der Waals surface area contributed by atoms with E-state index >= 15 is 0 Å². The van der Waals surface area contributed by atoms with Gasteiger partial charge in [0.2, 0.25) is 11.8 Å². The molecule has 0 radical (unpaired) electrons. The van der Waals surface area contributed by atoms with E-state index in [1.807, 2.05) is 90.4 Å². The zero-order valence-electron chi connectivity index (χ0n) is 32.5. The van der Waals surface area contributed by atoms with Gasteiger partial charge in [-0.25, -0.2) is 14.8 Å². The second-order valence-electron chi connectivity index (χ2n) is 15.0. The lowest BCUT2D eigenvalue weighted by molar-refractivity contribution is -0.189. The number of benzene rings is 4. The van der Waals surface area contributed by atoms with E-state index in [2.05, 4.69) is 28.7 Å². The van der Waals surface area contributed by atoms with Crippen LogP contribution in [0.4, 0.5) is 4.79 Å². The summed E-state index contributed by atoms with van der Waals surface area (Å²) >= 11 is 1.87. The second-order valence-corrected chi connectivity index (χ2v) is 16.2.